The van der Waals surface area contributed by atoms with Crippen molar-refractivity contribution in [2.24, 2.45) is 5.73 Å². The predicted molar refractivity (Wildman–Crippen MR) is 69.8 cm³/mol. The molecule has 0 aliphatic rings. The lowest BCUT2D eigenvalue weighted by Gasteiger charge is -2.17. The Balaban J connectivity index is 3.04. The predicted octanol–water partition coefficient (Wildman–Crippen LogP) is 1.37. The van der Waals surface area contributed by atoms with Gasteiger partial charge in [0, 0.05) is 25.2 Å². The molecule has 0 aliphatic heterocycles. The molecular formula is C13H22N2O2. The summed E-state index contributed by atoms with van der Waals surface area (Å²) >= 11 is 0. The molecule has 0 spiro atoms. The van der Waals surface area contributed by atoms with E-state index in [4.69, 9.17) is 15.2 Å². The van der Waals surface area contributed by atoms with Gasteiger partial charge in [0.15, 0.2) is 0 Å². The van der Waals surface area contributed by atoms with Crippen LogP contribution in [0.25, 0.3) is 0 Å². The normalized spacial score (nSPS) is 10.4. The van der Waals surface area contributed by atoms with E-state index < -0.39 is 0 Å². The summed E-state index contributed by atoms with van der Waals surface area (Å²) in [5.74, 6) is 1.82. The van der Waals surface area contributed by atoms with Crippen molar-refractivity contribution in [1.29, 1.82) is 0 Å². The van der Waals surface area contributed by atoms with Crippen molar-refractivity contribution in [3.8, 4) is 11.5 Å². The molecule has 17 heavy (non-hydrogen) atoms. The number of rotatable bonds is 6. The van der Waals surface area contributed by atoms with E-state index in [1.807, 2.05) is 19.9 Å². The Hall–Kier alpha value is -1.26. The number of hydrogen-bond acceptors (Lipinski definition) is 4. The summed E-state index contributed by atoms with van der Waals surface area (Å²) in [5.41, 5.74) is 8.79. The van der Waals surface area contributed by atoms with Crippen LogP contribution in [0.1, 0.15) is 16.7 Å². The van der Waals surface area contributed by atoms with E-state index in [0.717, 1.165) is 41.3 Å². The third kappa shape index (κ3) is 3.11. The number of hydrogen-bond donors (Lipinski definition) is 2. The highest BCUT2D eigenvalue weighted by atomic mass is 16.5. The smallest absolute Gasteiger partial charge is 0.126 e. The van der Waals surface area contributed by atoms with E-state index in [2.05, 4.69) is 5.32 Å². The summed E-state index contributed by atoms with van der Waals surface area (Å²) in [6.45, 7) is 6.23. The van der Waals surface area contributed by atoms with Gasteiger partial charge in [-0.15, -0.1) is 0 Å². The van der Waals surface area contributed by atoms with Gasteiger partial charge >= 0.3 is 0 Å². The van der Waals surface area contributed by atoms with Gasteiger partial charge in [0.05, 0.1) is 14.2 Å². The molecule has 1 rings (SSSR count). The summed E-state index contributed by atoms with van der Waals surface area (Å²) in [4.78, 5) is 0. The lowest BCUT2D eigenvalue weighted by Crippen LogP contribution is -2.22. The van der Waals surface area contributed by atoms with E-state index in [1.165, 1.54) is 0 Å². The van der Waals surface area contributed by atoms with E-state index >= 15 is 0 Å². The largest absolute Gasteiger partial charge is 0.496 e. The molecule has 0 heterocycles. The van der Waals surface area contributed by atoms with E-state index in [9.17, 15) is 0 Å². The molecule has 0 unspecified atom stereocenters. The minimum absolute atomic E-state index is 0.629. The van der Waals surface area contributed by atoms with Crippen LogP contribution in [-0.2, 0) is 6.54 Å². The first-order valence-corrected chi connectivity index (χ1v) is 5.77. The number of ether oxygens (including phenoxy) is 2. The summed E-state index contributed by atoms with van der Waals surface area (Å²) in [6.07, 6.45) is 0. The third-order valence-electron chi connectivity index (χ3n) is 2.93. The SMILES string of the molecule is COc1cc(CNCCN)c(OC)c(C)c1C. The molecule has 3 N–H and O–H groups in total. The fourth-order valence-electron chi connectivity index (χ4n) is 1.88. The Morgan fingerprint density at radius 3 is 2.41 bits per heavy atom. The van der Waals surface area contributed by atoms with Gasteiger partial charge < -0.3 is 20.5 Å². The molecule has 0 saturated heterocycles. The van der Waals surface area contributed by atoms with Gasteiger partial charge in [-0.1, -0.05) is 0 Å². The summed E-state index contributed by atoms with van der Waals surface area (Å²) in [7, 11) is 3.38. The summed E-state index contributed by atoms with van der Waals surface area (Å²) in [6, 6.07) is 2.02. The molecule has 0 radical (unpaired) electrons. The number of methoxy groups -OCH3 is 2. The minimum Gasteiger partial charge on any atom is -0.496 e. The minimum atomic E-state index is 0.629. The molecule has 0 saturated carbocycles. The average Bonchev–Trinajstić information content (AvgIpc) is 2.34. The van der Waals surface area contributed by atoms with Crippen molar-refractivity contribution in [3.05, 3.63) is 22.8 Å². The molecule has 1 aromatic carbocycles. The first kappa shape index (κ1) is 13.8. The van der Waals surface area contributed by atoms with Crippen LogP contribution in [0.5, 0.6) is 11.5 Å². The molecule has 0 amide bonds. The fourth-order valence-corrected chi connectivity index (χ4v) is 1.88. The topological polar surface area (TPSA) is 56.5 Å². The Labute approximate surface area is 103 Å². The van der Waals surface area contributed by atoms with Crippen molar-refractivity contribution in [2.75, 3.05) is 27.3 Å². The van der Waals surface area contributed by atoms with Crippen molar-refractivity contribution in [1.82, 2.24) is 5.32 Å². The van der Waals surface area contributed by atoms with Crippen LogP contribution in [0.4, 0.5) is 0 Å². The highest BCUT2D eigenvalue weighted by Gasteiger charge is 2.13. The van der Waals surface area contributed by atoms with Crippen molar-refractivity contribution >= 4 is 0 Å². The third-order valence-corrected chi connectivity index (χ3v) is 2.93. The van der Waals surface area contributed by atoms with Crippen molar-refractivity contribution in [3.63, 3.8) is 0 Å². The maximum absolute atomic E-state index is 5.46. The van der Waals surface area contributed by atoms with Gasteiger partial charge in [-0.25, -0.2) is 0 Å². The van der Waals surface area contributed by atoms with Gasteiger partial charge in [-0.3, -0.25) is 0 Å². The van der Waals surface area contributed by atoms with Gasteiger partial charge in [0.1, 0.15) is 11.5 Å². The highest BCUT2D eigenvalue weighted by Crippen LogP contribution is 2.33. The second-order valence-electron chi connectivity index (χ2n) is 3.99. The Morgan fingerprint density at radius 2 is 1.88 bits per heavy atom. The van der Waals surface area contributed by atoms with Crippen LogP contribution in [0, 0.1) is 13.8 Å². The summed E-state index contributed by atoms with van der Waals surface area (Å²) < 4.78 is 10.8. The van der Waals surface area contributed by atoms with Crippen LogP contribution < -0.4 is 20.5 Å². The lowest BCUT2D eigenvalue weighted by molar-refractivity contribution is 0.392. The average molecular weight is 238 g/mol. The zero-order chi connectivity index (χ0) is 12.8. The number of benzene rings is 1. The van der Waals surface area contributed by atoms with Crippen LogP contribution in [0.2, 0.25) is 0 Å². The molecule has 1 aromatic rings. The first-order chi connectivity index (χ1) is 8.15. The zero-order valence-electron chi connectivity index (χ0n) is 11.1. The molecule has 0 atom stereocenters. The van der Waals surface area contributed by atoms with Gasteiger partial charge in [0.25, 0.3) is 0 Å². The van der Waals surface area contributed by atoms with Crippen molar-refractivity contribution in [2.45, 2.75) is 20.4 Å². The van der Waals surface area contributed by atoms with Crippen LogP contribution >= 0.6 is 0 Å². The number of nitrogens with two attached hydrogens (primary N) is 1. The summed E-state index contributed by atoms with van der Waals surface area (Å²) in [5, 5.41) is 3.26. The van der Waals surface area contributed by atoms with Gasteiger partial charge in [-0.2, -0.15) is 0 Å². The Morgan fingerprint density at radius 1 is 1.18 bits per heavy atom. The molecule has 0 bridgehead atoms. The monoisotopic (exact) mass is 238 g/mol. The van der Waals surface area contributed by atoms with E-state index in [-0.39, 0.29) is 0 Å². The molecular weight excluding hydrogens is 216 g/mol. The molecule has 96 valence electrons. The maximum Gasteiger partial charge on any atom is 0.126 e. The Bertz CT molecular complexity index is 378. The first-order valence-electron chi connectivity index (χ1n) is 5.77. The Kier molecular flexibility index (Phi) is 5.25. The zero-order valence-corrected chi connectivity index (χ0v) is 11.1. The van der Waals surface area contributed by atoms with Crippen molar-refractivity contribution < 1.29 is 9.47 Å². The molecule has 0 aliphatic carbocycles. The maximum atomic E-state index is 5.46. The second-order valence-corrected chi connectivity index (χ2v) is 3.99. The lowest BCUT2D eigenvalue weighted by atomic mass is 10.0. The molecule has 0 fully saturated rings. The second kappa shape index (κ2) is 6.47. The quantitative estimate of drug-likeness (QED) is 0.735. The highest BCUT2D eigenvalue weighted by molar-refractivity contribution is 5.52. The fraction of sp³-hybridized carbons (Fsp3) is 0.538. The molecule has 0 aromatic heterocycles. The van der Waals surface area contributed by atoms with Crippen LogP contribution in [0.15, 0.2) is 6.07 Å². The molecule has 4 nitrogen and oxygen atoms in total. The standard InChI is InChI=1S/C13H22N2O2/c1-9-10(2)13(17-4)11(7-12(9)16-3)8-15-6-5-14/h7,15H,5-6,8,14H2,1-4H3. The van der Waals surface area contributed by atoms with Crippen LogP contribution in [-0.4, -0.2) is 27.3 Å². The van der Waals surface area contributed by atoms with Crippen LogP contribution in [0.3, 0.4) is 0 Å². The number of nitrogens with one attached hydrogen (secondary N) is 1. The van der Waals surface area contributed by atoms with E-state index in [1.54, 1.807) is 14.2 Å². The van der Waals surface area contributed by atoms with Gasteiger partial charge in [-0.05, 0) is 31.0 Å². The van der Waals surface area contributed by atoms with E-state index in [0.29, 0.717) is 6.54 Å². The van der Waals surface area contributed by atoms with Gasteiger partial charge in [0.2, 0.25) is 0 Å². The molecule has 4 heteroatoms.